The molecule has 1 atom stereocenters. The minimum Gasteiger partial charge on any atom is -0.349 e. The summed E-state index contributed by atoms with van der Waals surface area (Å²) in [6.07, 6.45) is 0. The normalized spacial score (nSPS) is 11.4. The maximum Gasteiger partial charge on any atom is 0.251 e. The van der Waals surface area contributed by atoms with Gasteiger partial charge in [0.25, 0.3) is 5.91 Å². The van der Waals surface area contributed by atoms with Gasteiger partial charge in [-0.2, -0.15) is 11.8 Å². The van der Waals surface area contributed by atoms with Crippen LogP contribution in [0.3, 0.4) is 0 Å². The van der Waals surface area contributed by atoms with E-state index in [1.54, 1.807) is 0 Å². The van der Waals surface area contributed by atoms with Crippen molar-refractivity contribution in [3.63, 3.8) is 0 Å². The van der Waals surface area contributed by atoms with Crippen molar-refractivity contribution < 1.29 is 4.79 Å². The highest BCUT2D eigenvalue weighted by Crippen LogP contribution is 2.10. The molecule has 0 radical (unpaired) electrons. The molecule has 3 nitrogen and oxygen atoms in total. The van der Waals surface area contributed by atoms with Gasteiger partial charge in [-0.05, 0) is 43.4 Å². The standard InChI is InChI=1S/C16H22N2OS/c1-4-20-11-13(3)18-16(19)15-9-12(2)8-14(10-15)6-5-7-17/h8-10,13H,4,7,11,17H2,1-3H3,(H,18,19). The summed E-state index contributed by atoms with van der Waals surface area (Å²) >= 11 is 1.82. The van der Waals surface area contributed by atoms with Crippen molar-refractivity contribution in [1.82, 2.24) is 5.32 Å². The van der Waals surface area contributed by atoms with Gasteiger partial charge in [-0.15, -0.1) is 0 Å². The second-order valence-corrected chi connectivity index (χ2v) is 5.95. The van der Waals surface area contributed by atoms with Crippen LogP contribution in [0.5, 0.6) is 0 Å². The highest BCUT2D eigenvalue weighted by atomic mass is 32.2. The molecular formula is C16H22N2OS. The van der Waals surface area contributed by atoms with Crippen molar-refractivity contribution in [2.75, 3.05) is 18.1 Å². The van der Waals surface area contributed by atoms with Crippen LogP contribution in [-0.4, -0.2) is 30.0 Å². The van der Waals surface area contributed by atoms with Crippen molar-refractivity contribution >= 4 is 17.7 Å². The third-order valence-corrected chi connectivity index (χ3v) is 3.77. The Morgan fingerprint density at radius 1 is 1.45 bits per heavy atom. The summed E-state index contributed by atoms with van der Waals surface area (Å²) in [5, 5.41) is 3.01. The molecule has 0 saturated carbocycles. The van der Waals surface area contributed by atoms with E-state index >= 15 is 0 Å². The zero-order valence-corrected chi connectivity index (χ0v) is 13.1. The number of thioether (sulfide) groups is 1. The number of carbonyl (C=O) groups is 1. The van der Waals surface area contributed by atoms with Gasteiger partial charge < -0.3 is 11.1 Å². The number of hydrogen-bond acceptors (Lipinski definition) is 3. The second kappa shape index (κ2) is 8.68. The highest BCUT2D eigenvalue weighted by Gasteiger charge is 2.10. The maximum atomic E-state index is 12.2. The SMILES string of the molecule is CCSCC(C)NC(=O)c1cc(C)cc(C#CCN)c1. The number of rotatable bonds is 5. The number of nitrogens with one attached hydrogen (secondary N) is 1. The summed E-state index contributed by atoms with van der Waals surface area (Å²) in [4.78, 5) is 12.2. The molecule has 0 heterocycles. The Labute approximate surface area is 125 Å². The summed E-state index contributed by atoms with van der Waals surface area (Å²) in [5.74, 6) is 7.71. The second-order valence-electron chi connectivity index (χ2n) is 4.63. The van der Waals surface area contributed by atoms with E-state index in [4.69, 9.17) is 5.73 Å². The largest absolute Gasteiger partial charge is 0.349 e. The van der Waals surface area contributed by atoms with Gasteiger partial charge in [-0.25, -0.2) is 0 Å². The number of aryl methyl sites for hydroxylation is 1. The Morgan fingerprint density at radius 2 is 2.20 bits per heavy atom. The van der Waals surface area contributed by atoms with Crippen LogP contribution in [0.15, 0.2) is 18.2 Å². The fourth-order valence-corrected chi connectivity index (χ4v) is 2.46. The van der Waals surface area contributed by atoms with Gasteiger partial charge in [0.05, 0.1) is 6.54 Å². The lowest BCUT2D eigenvalue weighted by Gasteiger charge is -2.13. The molecule has 0 aliphatic rings. The molecule has 1 unspecified atom stereocenters. The lowest BCUT2D eigenvalue weighted by atomic mass is 10.1. The van der Waals surface area contributed by atoms with Crippen molar-refractivity contribution in [2.45, 2.75) is 26.8 Å². The molecule has 108 valence electrons. The maximum absolute atomic E-state index is 12.2. The molecule has 1 rings (SSSR count). The van der Waals surface area contributed by atoms with Crippen molar-refractivity contribution in [3.05, 3.63) is 34.9 Å². The molecule has 4 heteroatoms. The Bertz CT molecular complexity index is 517. The van der Waals surface area contributed by atoms with Crippen LogP contribution in [-0.2, 0) is 0 Å². The molecule has 0 aliphatic carbocycles. The van der Waals surface area contributed by atoms with Crippen LogP contribution in [0.2, 0.25) is 0 Å². The molecule has 1 aromatic rings. The number of benzene rings is 1. The van der Waals surface area contributed by atoms with Crippen LogP contribution < -0.4 is 11.1 Å². The number of nitrogens with two attached hydrogens (primary N) is 1. The van der Waals surface area contributed by atoms with Crippen LogP contribution >= 0.6 is 11.8 Å². The van der Waals surface area contributed by atoms with Gasteiger partial charge in [-0.1, -0.05) is 18.8 Å². The highest BCUT2D eigenvalue weighted by molar-refractivity contribution is 7.99. The summed E-state index contributed by atoms with van der Waals surface area (Å²) < 4.78 is 0. The number of hydrogen-bond donors (Lipinski definition) is 2. The predicted molar refractivity (Wildman–Crippen MR) is 87.0 cm³/mol. The van der Waals surface area contributed by atoms with E-state index in [1.807, 2.05) is 43.8 Å². The summed E-state index contributed by atoms with van der Waals surface area (Å²) in [6, 6.07) is 5.80. The zero-order valence-electron chi connectivity index (χ0n) is 12.3. The Morgan fingerprint density at radius 3 is 2.85 bits per heavy atom. The Balaban J connectivity index is 2.79. The molecule has 0 aromatic heterocycles. The van der Waals surface area contributed by atoms with E-state index in [2.05, 4.69) is 24.1 Å². The van der Waals surface area contributed by atoms with E-state index in [9.17, 15) is 4.79 Å². The van der Waals surface area contributed by atoms with Gasteiger partial charge in [0.15, 0.2) is 0 Å². The summed E-state index contributed by atoms with van der Waals surface area (Å²) in [5.41, 5.74) is 7.87. The van der Waals surface area contributed by atoms with Gasteiger partial charge in [0.2, 0.25) is 0 Å². The van der Waals surface area contributed by atoms with E-state index < -0.39 is 0 Å². The Kier molecular flexibility index (Phi) is 7.21. The lowest BCUT2D eigenvalue weighted by molar-refractivity contribution is 0.0943. The van der Waals surface area contributed by atoms with E-state index in [1.165, 1.54) is 0 Å². The first-order valence-corrected chi connectivity index (χ1v) is 7.91. The minimum absolute atomic E-state index is 0.0475. The zero-order chi connectivity index (χ0) is 15.0. The topological polar surface area (TPSA) is 55.1 Å². The lowest BCUT2D eigenvalue weighted by Crippen LogP contribution is -2.34. The van der Waals surface area contributed by atoms with Crippen molar-refractivity contribution in [2.24, 2.45) is 5.73 Å². The molecule has 1 aromatic carbocycles. The van der Waals surface area contributed by atoms with Crippen LogP contribution in [0, 0.1) is 18.8 Å². The van der Waals surface area contributed by atoms with Gasteiger partial charge in [0.1, 0.15) is 0 Å². The number of amides is 1. The van der Waals surface area contributed by atoms with Crippen LogP contribution in [0.1, 0.15) is 35.3 Å². The molecule has 0 spiro atoms. The molecule has 0 aliphatic heterocycles. The first-order chi connectivity index (χ1) is 9.56. The van der Waals surface area contributed by atoms with Gasteiger partial charge >= 0.3 is 0 Å². The summed E-state index contributed by atoms with van der Waals surface area (Å²) in [7, 11) is 0. The molecule has 20 heavy (non-hydrogen) atoms. The fourth-order valence-electron chi connectivity index (χ4n) is 1.78. The first kappa shape index (κ1) is 16.6. The summed E-state index contributed by atoms with van der Waals surface area (Å²) in [6.45, 7) is 6.41. The monoisotopic (exact) mass is 290 g/mol. The fraction of sp³-hybridized carbons (Fsp3) is 0.438. The van der Waals surface area contributed by atoms with Crippen molar-refractivity contribution in [1.29, 1.82) is 0 Å². The Hall–Kier alpha value is -1.44. The smallest absolute Gasteiger partial charge is 0.251 e. The van der Waals surface area contributed by atoms with Crippen molar-refractivity contribution in [3.8, 4) is 11.8 Å². The first-order valence-electron chi connectivity index (χ1n) is 6.76. The third kappa shape index (κ3) is 5.68. The molecule has 0 bridgehead atoms. The van der Waals surface area contributed by atoms with Gasteiger partial charge in [0, 0.05) is 22.9 Å². The minimum atomic E-state index is -0.0475. The molecule has 0 fully saturated rings. The average molecular weight is 290 g/mol. The van der Waals surface area contributed by atoms with E-state index in [-0.39, 0.29) is 11.9 Å². The third-order valence-electron chi connectivity index (χ3n) is 2.62. The molecule has 0 saturated heterocycles. The molecule has 1 amide bonds. The quantitative estimate of drug-likeness (QED) is 0.817. The molecule has 3 N–H and O–H groups in total. The van der Waals surface area contributed by atoms with E-state index in [0.29, 0.717) is 12.1 Å². The van der Waals surface area contributed by atoms with Crippen LogP contribution in [0.25, 0.3) is 0 Å². The van der Waals surface area contributed by atoms with Crippen LogP contribution in [0.4, 0.5) is 0 Å². The average Bonchev–Trinajstić information content (AvgIpc) is 2.42. The molecular weight excluding hydrogens is 268 g/mol. The predicted octanol–water partition coefficient (Wildman–Crippen LogP) is 2.18. The number of carbonyl (C=O) groups excluding carboxylic acids is 1. The van der Waals surface area contributed by atoms with E-state index in [0.717, 1.165) is 22.6 Å². The van der Waals surface area contributed by atoms with Gasteiger partial charge in [-0.3, -0.25) is 4.79 Å².